The highest BCUT2D eigenvalue weighted by molar-refractivity contribution is 7.90. The molecule has 2 aromatic carbocycles. The van der Waals surface area contributed by atoms with Crippen LogP contribution in [0.3, 0.4) is 0 Å². The number of aliphatic hydroxyl groups is 1. The number of carbonyl (C=O) groups excluding carboxylic acids is 1. The quantitative estimate of drug-likeness (QED) is 0.159. The van der Waals surface area contributed by atoms with Gasteiger partial charge in [0.25, 0.3) is 5.91 Å². The molecule has 8 nitrogen and oxygen atoms in total. The van der Waals surface area contributed by atoms with Gasteiger partial charge in [0.2, 0.25) is 10.0 Å². The van der Waals surface area contributed by atoms with E-state index in [4.69, 9.17) is 20.8 Å². The highest BCUT2D eigenvalue weighted by Crippen LogP contribution is 2.41. The first-order valence-electron chi connectivity index (χ1n) is 17.4. The van der Waals surface area contributed by atoms with Gasteiger partial charge in [-0.25, -0.2) is 13.1 Å². The smallest absolute Gasteiger partial charge is 0.264 e. The Morgan fingerprint density at radius 3 is 2.51 bits per heavy atom. The van der Waals surface area contributed by atoms with Crippen molar-refractivity contribution >= 4 is 41.5 Å². The number of allylic oxidation sites excluding steroid dienone is 1. The fraction of sp³-hybridized carbons (Fsp3) is 0.553. The summed E-state index contributed by atoms with van der Waals surface area (Å²) in [4.78, 5) is 15.9. The second kappa shape index (κ2) is 16.6. The van der Waals surface area contributed by atoms with Crippen molar-refractivity contribution in [2.45, 2.75) is 102 Å². The van der Waals surface area contributed by atoms with Crippen molar-refractivity contribution in [3.8, 4) is 5.75 Å². The fourth-order valence-electron chi connectivity index (χ4n) is 6.30. The Balaban J connectivity index is 1.63. The third-order valence-corrected chi connectivity index (χ3v) is 17.0. The first-order chi connectivity index (χ1) is 23.1. The number of aryl methyl sites for hydroxylation is 1. The van der Waals surface area contributed by atoms with Crippen molar-refractivity contribution in [1.29, 1.82) is 0 Å². The maximum atomic E-state index is 13.7. The van der Waals surface area contributed by atoms with E-state index in [1.165, 1.54) is 0 Å². The zero-order valence-corrected chi connectivity index (χ0v) is 32.4. The second-order valence-corrected chi connectivity index (χ2v) is 22.3. The molecule has 0 saturated heterocycles. The van der Waals surface area contributed by atoms with E-state index in [1.807, 2.05) is 18.2 Å². The number of rotatable bonds is 13. The van der Waals surface area contributed by atoms with Crippen LogP contribution in [0.2, 0.25) is 23.2 Å². The van der Waals surface area contributed by atoms with Crippen LogP contribution in [0, 0.1) is 11.8 Å². The third-order valence-electron chi connectivity index (χ3n) is 10.6. The van der Waals surface area contributed by atoms with Crippen LogP contribution >= 0.6 is 11.6 Å². The molecule has 2 N–H and O–H groups in total. The third kappa shape index (κ3) is 10.0. The van der Waals surface area contributed by atoms with Gasteiger partial charge in [0, 0.05) is 23.7 Å². The molecular formula is C38H55ClN2O6SSi. The minimum Gasteiger partial charge on any atom is -0.487 e. The minimum atomic E-state index is -4.10. The van der Waals surface area contributed by atoms with Gasteiger partial charge in [-0.2, -0.15) is 0 Å². The van der Waals surface area contributed by atoms with Crippen LogP contribution in [-0.2, 0) is 27.5 Å². The summed E-state index contributed by atoms with van der Waals surface area (Å²) in [5.74, 6) is 0.333. The molecule has 1 amide bonds. The number of carbonyl (C=O) groups is 1. The van der Waals surface area contributed by atoms with E-state index < -0.39 is 35.6 Å². The number of benzene rings is 2. The number of nitrogens with zero attached hydrogens (tertiary/aromatic N) is 1. The van der Waals surface area contributed by atoms with Gasteiger partial charge in [0.05, 0.1) is 18.4 Å². The monoisotopic (exact) mass is 730 g/mol. The van der Waals surface area contributed by atoms with Crippen LogP contribution in [0.25, 0.3) is 0 Å². The van der Waals surface area contributed by atoms with Crippen molar-refractivity contribution < 1.29 is 27.5 Å². The van der Waals surface area contributed by atoms with Crippen LogP contribution in [0.1, 0.15) is 80.8 Å². The molecule has 0 radical (unpaired) electrons. The number of fused-ring (bicyclic) bond motifs is 2. The zero-order valence-electron chi connectivity index (χ0n) is 29.8. The molecule has 1 fully saturated rings. The summed E-state index contributed by atoms with van der Waals surface area (Å²) in [5, 5.41) is 10.4. The van der Waals surface area contributed by atoms with Gasteiger partial charge < -0.3 is 19.2 Å². The highest BCUT2D eigenvalue weighted by atomic mass is 35.5. The molecule has 4 atom stereocenters. The number of hydrogen-bond donors (Lipinski definition) is 2. The minimum absolute atomic E-state index is 0.0239. The van der Waals surface area contributed by atoms with E-state index in [0.717, 1.165) is 48.9 Å². The summed E-state index contributed by atoms with van der Waals surface area (Å²) in [5.41, 5.74) is 3.16. The van der Waals surface area contributed by atoms with Crippen molar-refractivity contribution in [2.24, 2.45) is 11.8 Å². The van der Waals surface area contributed by atoms with E-state index in [-0.39, 0.29) is 35.5 Å². The van der Waals surface area contributed by atoms with Gasteiger partial charge in [0.1, 0.15) is 17.6 Å². The van der Waals surface area contributed by atoms with Gasteiger partial charge in [-0.15, -0.1) is 13.2 Å². The molecule has 0 aromatic heterocycles. The molecule has 4 rings (SSSR count). The molecule has 2 aromatic rings. The van der Waals surface area contributed by atoms with Crippen molar-refractivity contribution in [2.75, 3.05) is 24.6 Å². The molecule has 0 unspecified atom stereocenters. The van der Waals surface area contributed by atoms with E-state index in [0.29, 0.717) is 36.9 Å². The van der Waals surface area contributed by atoms with E-state index in [9.17, 15) is 18.3 Å². The molecule has 1 aliphatic carbocycles. The number of amides is 1. The van der Waals surface area contributed by atoms with Gasteiger partial charge >= 0.3 is 0 Å². The number of halogens is 1. The molecule has 2 aliphatic rings. The number of anilines is 1. The molecule has 0 bridgehead atoms. The number of hydrogen-bond acceptors (Lipinski definition) is 7. The number of aliphatic hydroxyl groups excluding tert-OH is 1. The lowest BCUT2D eigenvalue weighted by molar-refractivity contribution is 0.0181. The maximum absolute atomic E-state index is 13.7. The molecule has 1 heterocycles. The fourth-order valence-corrected chi connectivity index (χ4v) is 8.84. The highest BCUT2D eigenvalue weighted by Gasteiger charge is 2.40. The predicted octanol–water partition coefficient (Wildman–Crippen LogP) is 8.05. The van der Waals surface area contributed by atoms with E-state index >= 15 is 0 Å². The number of ether oxygens (including phenoxy) is 1. The van der Waals surface area contributed by atoms with Gasteiger partial charge in [-0.1, -0.05) is 50.6 Å². The SMILES string of the molecule is C=CC[C@H](CO[Si](C)(C)C(C)(C)C)S(=O)(=O)NC(=O)c1ccc2c(c1)N(C[C@@H]1CC[C@H]1[C@@H](O)CC=C)CCCCc1cc(Cl)ccc1CO2. The van der Waals surface area contributed by atoms with Crippen molar-refractivity contribution in [3.05, 3.63) is 83.4 Å². The topological polar surface area (TPSA) is 105 Å². The molecule has 11 heteroatoms. The lowest BCUT2D eigenvalue weighted by Gasteiger charge is -2.43. The van der Waals surface area contributed by atoms with Crippen LogP contribution in [0.15, 0.2) is 61.7 Å². The average molecular weight is 731 g/mol. The van der Waals surface area contributed by atoms with Gasteiger partial charge in [-0.3, -0.25) is 4.79 Å². The maximum Gasteiger partial charge on any atom is 0.264 e. The van der Waals surface area contributed by atoms with Crippen molar-refractivity contribution in [3.63, 3.8) is 0 Å². The zero-order chi connectivity index (χ0) is 36.0. The van der Waals surface area contributed by atoms with Crippen LogP contribution in [-0.4, -0.2) is 58.8 Å². The van der Waals surface area contributed by atoms with Gasteiger partial charge in [-0.05, 0) is 116 Å². The largest absolute Gasteiger partial charge is 0.487 e. The average Bonchev–Trinajstić information content (AvgIpc) is 3.03. The molecule has 0 spiro atoms. The summed E-state index contributed by atoms with van der Waals surface area (Å²) in [6.45, 7) is 19.7. The summed E-state index contributed by atoms with van der Waals surface area (Å²) in [6, 6.07) is 11.0. The molecule has 1 aliphatic heterocycles. The Kier molecular flexibility index (Phi) is 13.3. The standard InChI is InChI=1S/C38H55ClN2O6SSi/c1-8-12-32(26-47-49(6,7)38(3,4)5)48(44,45)40-37(43)28-17-20-36-34(23-28)41(24-29-16-19-33(29)35(42)13-9-2)21-11-10-14-27-22-31(39)18-15-30(27)25-46-36/h8-9,15,17-18,20,22-23,29,32-33,35,42H,1-2,10-14,16,19,21,24-26H2,3-7H3,(H,40,43)/t29-,32+,33+,35-/m0/s1. The van der Waals surface area contributed by atoms with Crippen molar-refractivity contribution in [1.82, 2.24) is 4.72 Å². The Morgan fingerprint density at radius 2 is 1.86 bits per heavy atom. The summed E-state index contributed by atoms with van der Waals surface area (Å²) in [6.07, 6.45) is 8.21. The lowest BCUT2D eigenvalue weighted by Crippen LogP contribution is -2.46. The Labute approximate surface area is 300 Å². The Bertz CT molecular complexity index is 1590. The first-order valence-corrected chi connectivity index (χ1v) is 22.3. The number of nitrogens with one attached hydrogen (secondary N) is 1. The predicted molar refractivity (Wildman–Crippen MR) is 203 cm³/mol. The summed E-state index contributed by atoms with van der Waals surface area (Å²) < 4.78 is 42.3. The second-order valence-electron chi connectivity index (χ2n) is 15.1. The summed E-state index contributed by atoms with van der Waals surface area (Å²) in [7, 11) is -6.34. The van der Waals surface area contributed by atoms with E-state index in [2.05, 4.69) is 56.6 Å². The Hall–Kier alpha value is -2.63. The van der Waals surface area contributed by atoms with Gasteiger partial charge in [0.15, 0.2) is 8.32 Å². The van der Waals surface area contributed by atoms with Crippen LogP contribution < -0.4 is 14.4 Å². The molecular weight excluding hydrogens is 676 g/mol. The number of sulfonamides is 1. The molecule has 49 heavy (non-hydrogen) atoms. The van der Waals surface area contributed by atoms with Crippen LogP contribution in [0.5, 0.6) is 5.75 Å². The van der Waals surface area contributed by atoms with Crippen LogP contribution in [0.4, 0.5) is 5.69 Å². The van der Waals surface area contributed by atoms with E-state index in [1.54, 1.807) is 30.4 Å². The normalized spacial score (nSPS) is 19.9. The summed E-state index contributed by atoms with van der Waals surface area (Å²) >= 11 is 6.34. The molecule has 1 saturated carbocycles. The molecule has 270 valence electrons. The lowest BCUT2D eigenvalue weighted by atomic mass is 9.69. The first kappa shape index (κ1) is 39.2. The Morgan fingerprint density at radius 1 is 1.12 bits per heavy atom.